The highest BCUT2D eigenvalue weighted by molar-refractivity contribution is 9.10. The largest absolute Gasteiger partial charge is 0.238 e. The Balaban J connectivity index is 3.13. The molecule has 1 rings (SSSR count). The van der Waals surface area contributed by atoms with Gasteiger partial charge in [-0.25, -0.2) is 4.68 Å². The second-order valence-electron chi connectivity index (χ2n) is 3.58. The van der Waals surface area contributed by atoms with E-state index in [1.165, 1.54) is 0 Å². The quantitative estimate of drug-likeness (QED) is 0.750. The molecule has 1 unspecified atom stereocenters. The van der Waals surface area contributed by atoms with Crippen LogP contribution in [0.4, 0.5) is 0 Å². The Hall–Kier alpha value is -0.0200. The molecular weight excluding hydrogens is 251 g/mol. The third kappa shape index (κ3) is 2.08. The van der Waals surface area contributed by atoms with E-state index in [4.69, 9.17) is 11.6 Å². The maximum absolute atomic E-state index is 6.33. The van der Waals surface area contributed by atoms with Gasteiger partial charge in [0.15, 0.2) is 3.91 Å². The molecule has 1 atom stereocenters. The predicted octanol–water partition coefficient (Wildman–Crippen LogP) is 3.40. The fourth-order valence-corrected chi connectivity index (χ4v) is 1.71. The molecule has 1 heterocycles. The van der Waals surface area contributed by atoms with Crippen LogP contribution in [0.1, 0.15) is 25.2 Å². The fraction of sp³-hybridized carbons (Fsp3) is 0.667. The third-order valence-corrected chi connectivity index (χ3v) is 3.83. The first-order valence-electron chi connectivity index (χ1n) is 4.27. The van der Waals surface area contributed by atoms with Crippen LogP contribution >= 0.6 is 27.5 Å². The highest BCUT2D eigenvalue weighted by atomic mass is 79.9. The molecule has 0 aliphatic heterocycles. The Morgan fingerprint density at radius 2 is 2.08 bits per heavy atom. The molecule has 0 aliphatic carbocycles. The van der Waals surface area contributed by atoms with Crippen molar-refractivity contribution in [1.29, 1.82) is 0 Å². The zero-order valence-corrected chi connectivity index (χ0v) is 10.6. The number of hydrogen-bond donors (Lipinski definition) is 0. The molecule has 0 N–H and O–H groups in total. The number of rotatable bonds is 2. The van der Waals surface area contributed by atoms with Gasteiger partial charge in [0, 0.05) is 11.6 Å². The second kappa shape index (κ2) is 3.62. The molecule has 0 amide bonds. The summed E-state index contributed by atoms with van der Waals surface area (Å²) in [5.41, 5.74) is 2.06. The van der Waals surface area contributed by atoms with E-state index in [0.717, 1.165) is 11.4 Å². The van der Waals surface area contributed by atoms with E-state index < -0.39 is 3.91 Å². The lowest BCUT2D eigenvalue weighted by molar-refractivity contribution is 0.416. The number of aromatic nitrogens is 2. The Morgan fingerprint density at radius 3 is 2.38 bits per heavy atom. The van der Waals surface area contributed by atoms with Crippen LogP contribution in [0.3, 0.4) is 0 Å². The Labute approximate surface area is 92.4 Å². The summed E-state index contributed by atoms with van der Waals surface area (Å²) in [6, 6.07) is 2.01. The van der Waals surface area contributed by atoms with Crippen LogP contribution in [0.2, 0.25) is 0 Å². The maximum atomic E-state index is 6.33. The van der Waals surface area contributed by atoms with Crippen LogP contribution in [-0.4, -0.2) is 9.78 Å². The monoisotopic (exact) mass is 264 g/mol. The number of alkyl halides is 2. The highest BCUT2D eigenvalue weighted by Crippen LogP contribution is 2.38. The van der Waals surface area contributed by atoms with Crippen molar-refractivity contribution in [3.05, 3.63) is 17.5 Å². The van der Waals surface area contributed by atoms with Gasteiger partial charge < -0.3 is 0 Å². The average Bonchev–Trinajstić information content (AvgIpc) is 2.30. The number of nitrogens with zero attached hydrogens (tertiary/aromatic N) is 2. The molecule has 0 radical (unpaired) electrons. The van der Waals surface area contributed by atoms with E-state index in [2.05, 4.69) is 34.9 Å². The van der Waals surface area contributed by atoms with Crippen LogP contribution in [-0.2, 0) is 3.91 Å². The molecule has 0 aromatic carbocycles. The fourth-order valence-electron chi connectivity index (χ4n) is 1.18. The molecular formula is C9H14BrClN2. The first kappa shape index (κ1) is 11.1. The Bertz CT molecular complexity index is 305. The van der Waals surface area contributed by atoms with Crippen LogP contribution in [0.15, 0.2) is 6.07 Å². The van der Waals surface area contributed by atoms with E-state index in [0.29, 0.717) is 0 Å². The lowest BCUT2D eigenvalue weighted by Crippen LogP contribution is -2.28. The van der Waals surface area contributed by atoms with Gasteiger partial charge in [-0.3, -0.25) is 0 Å². The first-order chi connectivity index (χ1) is 5.85. The molecule has 0 saturated carbocycles. The molecule has 4 heteroatoms. The summed E-state index contributed by atoms with van der Waals surface area (Å²) >= 11 is 9.82. The molecule has 1 aromatic rings. The van der Waals surface area contributed by atoms with Gasteiger partial charge in [0.05, 0.1) is 5.69 Å². The van der Waals surface area contributed by atoms with E-state index in [1.807, 2.05) is 24.6 Å². The minimum Gasteiger partial charge on any atom is -0.238 e. The molecule has 13 heavy (non-hydrogen) atoms. The standard InChI is InChI=1S/C9H14BrClN2/c1-6(2)9(10,11)13-8(4)5-7(3)12-13/h5-6H,1-4H3. The first-order valence-corrected chi connectivity index (χ1v) is 5.44. The minimum absolute atomic E-state index is 0.271. The lowest BCUT2D eigenvalue weighted by Gasteiger charge is -2.26. The number of halogens is 2. The lowest BCUT2D eigenvalue weighted by atomic mass is 10.2. The zero-order chi connectivity index (χ0) is 10.2. The zero-order valence-electron chi connectivity index (χ0n) is 8.31. The molecule has 0 spiro atoms. The van der Waals surface area contributed by atoms with Crippen molar-refractivity contribution in [3.8, 4) is 0 Å². The van der Waals surface area contributed by atoms with Crippen molar-refractivity contribution in [2.24, 2.45) is 5.92 Å². The number of hydrogen-bond acceptors (Lipinski definition) is 1. The van der Waals surface area contributed by atoms with Gasteiger partial charge in [0.25, 0.3) is 0 Å². The van der Waals surface area contributed by atoms with E-state index in [9.17, 15) is 0 Å². The van der Waals surface area contributed by atoms with E-state index >= 15 is 0 Å². The van der Waals surface area contributed by atoms with Crippen LogP contribution in [0, 0.1) is 19.8 Å². The molecule has 1 aromatic heterocycles. The van der Waals surface area contributed by atoms with E-state index in [1.54, 1.807) is 0 Å². The normalized spacial score (nSPS) is 16.2. The topological polar surface area (TPSA) is 17.8 Å². The summed E-state index contributed by atoms with van der Waals surface area (Å²) in [7, 11) is 0. The summed E-state index contributed by atoms with van der Waals surface area (Å²) in [5, 5.41) is 4.34. The second-order valence-corrected chi connectivity index (χ2v) is 5.82. The summed E-state index contributed by atoms with van der Waals surface area (Å²) < 4.78 is 1.21. The smallest absolute Gasteiger partial charge is 0.192 e. The van der Waals surface area contributed by atoms with Gasteiger partial charge in [0.1, 0.15) is 0 Å². The molecule has 0 saturated heterocycles. The Kier molecular flexibility index (Phi) is 3.08. The summed E-state index contributed by atoms with van der Waals surface area (Å²) in [4.78, 5) is 0. The average molecular weight is 266 g/mol. The van der Waals surface area contributed by atoms with Gasteiger partial charge in [-0.15, -0.1) is 0 Å². The van der Waals surface area contributed by atoms with Gasteiger partial charge in [0.2, 0.25) is 0 Å². The van der Waals surface area contributed by atoms with Crippen LogP contribution in [0.25, 0.3) is 0 Å². The Morgan fingerprint density at radius 1 is 1.54 bits per heavy atom. The van der Waals surface area contributed by atoms with Crippen molar-refractivity contribution in [2.45, 2.75) is 31.6 Å². The van der Waals surface area contributed by atoms with Crippen LogP contribution < -0.4 is 0 Å². The van der Waals surface area contributed by atoms with Gasteiger partial charge >= 0.3 is 0 Å². The van der Waals surface area contributed by atoms with Crippen molar-refractivity contribution >= 4 is 27.5 Å². The van der Waals surface area contributed by atoms with Crippen molar-refractivity contribution < 1.29 is 0 Å². The van der Waals surface area contributed by atoms with Crippen LogP contribution in [0.5, 0.6) is 0 Å². The highest BCUT2D eigenvalue weighted by Gasteiger charge is 2.31. The maximum Gasteiger partial charge on any atom is 0.192 e. The predicted molar refractivity (Wildman–Crippen MR) is 59.3 cm³/mol. The van der Waals surface area contributed by atoms with Crippen molar-refractivity contribution in [2.75, 3.05) is 0 Å². The summed E-state index contributed by atoms with van der Waals surface area (Å²) in [5.74, 6) is 0.271. The van der Waals surface area contributed by atoms with Gasteiger partial charge in [-0.2, -0.15) is 5.10 Å². The molecule has 74 valence electrons. The summed E-state index contributed by atoms with van der Waals surface area (Å²) in [6.45, 7) is 8.07. The number of aryl methyl sites for hydroxylation is 2. The molecule has 0 bridgehead atoms. The summed E-state index contributed by atoms with van der Waals surface area (Å²) in [6.07, 6.45) is 0. The van der Waals surface area contributed by atoms with Gasteiger partial charge in [-0.05, 0) is 35.8 Å². The molecule has 0 fully saturated rings. The SMILES string of the molecule is Cc1cc(C)n(C(Cl)(Br)C(C)C)n1. The molecule has 0 aliphatic rings. The minimum atomic E-state index is -0.606. The third-order valence-electron chi connectivity index (χ3n) is 1.99. The van der Waals surface area contributed by atoms with Gasteiger partial charge in [-0.1, -0.05) is 25.4 Å². The van der Waals surface area contributed by atoms with Crippen molar-refractivity contribution in [1.82, 2.24) is 9.78 Å². The van der Waals surface area contributed by atoms with Crippen molar-refractivity contribution in [3.63, 3.8) is 0 Å². The molecule has 2 nitrogen and oxygen atoms in total. The van der Waals surface area contributed by atoms with E-state index in [-0.39, 0.29) is 5.92 Å².